The first-order chi connectivity index (χ1) is 6.84. The van der Waals surface area contributed by atoms with E-state index in [4.69, 9.17) is 11.6 Å². The van der Waals surface area contributed by atoms with Crippen LogP contribution in [-0.2, 0) is 6.42 Å². The smallest absolute Gasteiger partial charge is 0.0408 e. The molecule has 0 spiro atoms. The molecule has 1 heteroatoms. The van der Waals surface area contributed by atoms with E-state index < -0.39 is 0 Å². The molecule has 0 nitrogen and oxygen atoms in total. The lowest BCUT2D eigenvalue weighted by Gasteiger charge is -2.01. The summed E-state index contributed by atoms with van der Waals surface area (Å²) in [4.78, 5) is 0. The number of hydrogen-bond donors (Lipinski definition) is 0. The molecule has 0 aliphatic heterocycles. The summed E-state index contributed by atoms with van der Waals surface area (Å²) in [5.74, 6) is 0. The van der Waals surface area contributed by atoms with Crippen LogP contribution in [0.3, 0.4) is 0 Å². The van der Waals surface area contributed by atoms with Gasteiger partial charge < -0.3 is 0 Å². The molecule has 0 bridgehead atoms. The summed E-state index contributed by atoms with van der Waals surface area (Å²) < 4.78 is 0. The zero-order valence-corrected chi connectivity index (χ0v) is 8.46. The molecule has 0 amide bonds. The maximum absolute atomic E-state index is 5.90. The molecule has 0 heterocycles. The summed E-state index contributed by atoms with van der Waals surface area (Å²) in [5.41, 5.74) is 2.52. The van der Waals surface area contributed by atoms with Gasteiger partial charge in [0.1, 0.15) is 0 Å². The molecule has 2 aromatic carbocycles. The topological polar surface area (TPSA) is 0 Å². The van der Waals surface area contributed by atoms with E-state index in [-0.39, 0.29) is 0 Å². The molecule has 0 N–H and O–H groups in total. The Kier molecular flexibility index (Phi) is 2.85. The fraction of sp³-hybridized carbons (Fsp3) is 0.0769. The van der Waals surface area contributed by atoms with Crippen molar-refractivity contribution in [3.8, 4) is 0 Å². The van der Waals surface area contributed by atoms with Gasteiger partial charge in [-0.15, -0.1) is 0 Å². The second-order valence-corrected chi connectivity index (χ2v) is 3.65. The van der Waals surface area contributed by atoms with Gasteiger partial charge in [-0.2, -0.15) is 0 Å². The molecular weight excluding hydrogens is 192 g/mol. The highest BCUT2D eigenvalue weighted by Gasteiger charge is 1.95. The highest BCUT2D eigenvalue weighted by atomic mass is 35.5. The molecule has 0 fully saturated rings. The zero-order chi connectivity index (χ0) is 9.80. The minimum absolute atomic E-state index is 0.796. The first kappa shape index (κ1) is 9.29. The van der Waals surface area contributed by atoms with Crippen molar-refractivity contribution in [2.24, 2.45) is 0 Å². The van der Waals surface area contributed by atoms with Crippen LogP contribution in [0.5, 0.6) is 0 Å². The van der Waals surface area contributed by atoms with Gasteiger partial charge in [-0.25, -0.2) is 0 Å². The molecule has 2 rings (SSSR count). The van der Waals surface area contributed by atoms with Gasteiger partial charge in [-0.1, -0.05) is 48.0 Å². The summed E-state index contributed by atoms with van der Waals surface area (Å²) in [6, 6.07) is 19.0. The van der Waals surface area contributed by atoms with E-state index in [1.807, 2.05) is 30.3 Å². The molecule has 0 unspecified atom stereocenters. The number of halogens is 1. The third-order valence-electron chi connectivity index (χ3n) is 2.08. The molecule has 14 heavy (non-hydrogen) atoms. The Morgan fingerprint density at radius 3 is 2.50 bits per heavy atom. The van der Waals surface area contributed by atoms with E-state index in [0.29, 0.717) is 0 Å². The Bertz CT molecular complexity index is 407. The van der Waals surface area contributed by atoms with E-state index >= 15 is 0 Å². The monoisotopic (exact) mass is 201 g/mol. The maximum Gasteiger partial charge on any atom is 0.0408 e. The van der Waals surface area contributed by atoms with Crippen molar-refractivity contribution in [3.05, 3.63) is 70.7 Å². The van der Waals surface area contributed by atoms with E-state index in [2.05, 4.69) is 24.3 Å². The summed E-state index contributed by atoms with van der Waals surface area (Å²) in [6.07, 6.45) is 0.926. The molecule has 69 valence electrons. The lowest BCUT2D eigenvalue weighted by Crippen LogP contribution is -1.86. The number of hydrogen-bond acceptors (Lipinski definition) is 0. The van der Waals surface area contributed by atoms with Crippen LogP contribution in [0.1, 0.15) is 11.1 Å². The maximum atomic E-state index is 5.90. The van der Waals surface area contributed by atoms with Gasteiger partial charge in [0.05, 0.1) is 0 Å². The van der Waals surface area contributed by atoms with Crippen LogP contribution in [0.4, 0.5) is 0 Å². The van der Waals surface area contributed by atoms with Crippen LogP contribution in [-0.4, -0.2) is 0 Å². The second-order valence-electron chi connectivity index (χ2n) is 3.21. The van der Waals surface area contributed by atoms with Gasteiger partial charge in [0.15, 0.2) is 0 Å². The molecule has 2 aromatic rings. The summed E-state index contributed by atoms with van der Waals surface area (Å²) in [5, 5.41) is 0.796. The molecule has 0 saturated heterocycles. The number of rotatable bonds is 2. The fourth-order valence-electron chi connectivity index (χ4n) is 1.42. The molecule has 1 radical (unpaired) electrons. The van der Waals surface area contributed by atoms with Crippen LogP contribution in [0.2, 0.25) is 5.02 Å². The zero-order valence-electron chi connectivity index (χ0n) is 7.70. The van der Waals surface area contributed by atoms with E-state index in [1.165, 1.54) is 11.1 Å². The van der Waals surface area contributed by atoms with Crippen molar-refractivity contribution in [2.45, 2.75) is 6.42 Å². The minimum atomic E-state index is 0.796. The highest BCUT2D eigenvalue weighted by Crippen LogP contribution is 2.14. The van der Waals surface area contributed by atoms with Crippen molar-refractivity contribution < 1.29 is 0 Å². The third-order valence-corrected chi connectivity index (χ3v) is 2.32. The minimum Gasteiger partial charge on any atom is -0.0843 e. The van der Waals surface area contributed by atoms with E-state index in [0.717, 1.165) is 11.4 Å². The second kappa shape index (κ2) is 4.30. The lowest BCUT2D eigenvalue weighted by molar-refractivity contribution is 1.19. The van der Waals surface area contributed by atoms with E-state index in [9.17, 15) is 0 Å². The van der Waals surface area contributed by atoms with Gasteiger partial charge in [0.2, 0.25) is 0 Å². The van der Waals surface area contributed by atoms with Crippen LogP contribution in [0.15, 0.2) is 48.5 Å². The summed E-state index contributed by atoms with van der Waals surface area (Å²) >= 11 is 5.90. The van der Waals surface area contributed by atoms with Crippen molar-refractivity contribution in [1.82, 2.24) is 0 Å². The molecule has 0 aliphatic rings. The van der Waals surface area contributed by atoms with Crippen LogP contribution in [0, 0.1) is 6.07 Å². The van der Waals surface area contributed by atoms with Gasteiger partial charge in [-0.05, 0) is 35.7 Å². The molecule has 0 aliphatic carbocycles. The SMILES string of the molecule is Clc1cccc(Cc2cc[c]cc2)c1. The van der Waals surface area contributed by atoms with Crippen molar-refractivity contribution >= 4 is 11.6 Å². The molecule has 0 atom stereocenters. The standard InChI is InChI=1S/C13H10Cl/c14-13-8-4-7-12(10-13)9-11-5-2-1-3-6-11/h2-8,10H,9H2. The first-order valence-electron chi connectivity index (χ1n) is 4.54. The Hall–Kier alpha value is -1.27. The van der Waals surface area contributed by atoms with Crippen molar-refractivity contribution in [3.63, 3.8) is 0 Å². The Morgan fingerprint density at radius 2 is 1.79 bits per heavy atom. The normalized spacial score (nSPS) is 10.1. The Morgan fingerprint density at radius 1 is 1.00 bits per heavy atom. The van der Waals surface area contributed by atoms with Crippen LogP contribution in [0.25, 0.3) is 0 Å². The summed E-state index contributed by atoms with van der Waals surface area (Å²) in [6.45, 7) is 0. The van der Waals surface area contributed by atoms with Crippen molar-refractivity contribution in [1.29, 1.82) is 0 Å². The Labute approximate surface area is 89.2 Å². The third kappa shape index (κ3) is 2.36. The van der Waals surface area contributed by atoms with Crippen molar-refractivity contribution in [2.75, 3.05) is 0 Å². The van der Waals surface area contributed by atoms with Crippen LogP contribution >= 0.6 is 11.6 Å². The Balaban J connectivity index is 2.19. The quantitative estimate of drug-likeness (QED) is 0.695. The highest BCUT2D eigenvalue weighted by molar-refractivity contribution is 6.30. The average Bonchev–Trinajstić information content (AvgIpc) is 2.19. The van der Waals surface area contributed by atoms with Gasteiger partial charge in [0, 0.05) is 5.02 Å². The van der Waals surface area contributed by atoms with E-state index in [1.54, 1.807) is 0 Å². The largest absolute Gasteiger partial charge is 0.0843 e. The summed E-state index contributed by atoms with van der Waals surface area (Å²) in [7, 11) is 0. The molecule has 0 aromatic heterocycles. The molecular formula is C13H10Cl. The fourth-order valence-corrected chi connectivity index (χ4v) is 1.63. The van der Waals surface area contributed by atoms with Crippen LogP contribution < -0.4 is 0 Å². The van der Waals surface area contributed by atoms with Gasteiger partial charge >= 0.3 is 0 Å². The predicted octanol–water partition coefficient (Wildman–Crippen LogP) is 3.73. The first-order valence-corrected chi connectivity index (χ1v) is 4.92. The van der Waals surface area contributed by atoms with Gasteiger partial charge in [0.25, 0.3) is 0 Å². The average molecular weight is 202 g/mol. The predicted molar refractivity (Wildman–Crippen MR) is 59.5 cm³/mol. The lowest BCUT2D eigenvalue weighted by atomic mass is 10.1. The van der Waals surface area contributed by atoms with Gasteiger partial charge in [-0.3, -0.25) is 0 Å². The number of benzene rings is 2. The molecule has 0 saturated carbocycles.